The SMILES string of the molecule is COc1cc(N2C(=O)NC(=O)/C(=C\c3ccc(OCc4ccc(Cl)cc4Cl)c(Cl)c3)C2=O)c(OC)cc1Cl. The highest BCUT2D eigenvalue weighted by atomic mass is 35.5. The zero-order chi connectivity index (χ0) is 27.6. The van der Waals surface area contributed by atoms with Crippen LogP contribution in [-0.4, -0.2) is 32.1 Å². The molecule has 0 aliphatic carbocycles. The lowest BCUT2D eigenvalue weighted by atomic mass is 10.1. The maximum Gasteiger partial charge on any atom is 0.336 e. The van der Waals surface area contributed by atoms with Gasteiger partial charge in [-0.1, -0.05) is 58.5 Å². The van der Waals surface area contributed by atoms with Gasteiger partial charge < -0.3 is 14.2 Å². The summed E-state index contributed by atoms with van der Waals surface area (Å²) >= 11 is 24.6. The first-order valence-corrected chi connectivity index (χ1v) is 12.3. The van der Waals surface area contributed by atoms with Crippen molar-refractivity contribution >= 4 is 76.0 Å². The van der Waals surface area contributed by atoms with Gasteiger partial charge in [-0.3, -0.25) is 14.9 Å². The molecule has 3 aromatic carbocycles. The van der Waals surface area contributed by atoms with Crippen LogP contribution in [0, 0.1) is 0 Å². The molecule has 0 atom stereocenters. The van der Waals surface area contributed by atoms with Crippen LogP contribution in [0.1, 0.15) is 11.1 Å². The summed E-state index contributed by atoms with van der Waals surface area (Å²) < 4.78 is 16.2. The second-order valence-corrected chi connectivity index (χ2v) is 9.49. The van der Waals surface area contributed by atoms with Crippen molar-refractivity contribution in [2.24, 2.45) is 0 Å². The number of methoxy groups -OCH3 is 2. The Balaban J connectivity index is 1.62. The number of urea groups is 1. The van der Waals surface area contributed by atoms with Crippen LogP contribution >= 0.6 is 46.4 Å². The number of carbonyl (C=O) groups is 3. The number of halogens is 4. The van der Waals surface area contributed by atoms with Gasteiger partial charge in [0.2, 0.25) is 0 Å². The Labute approximate surface area is 237 Å². The van der Waals surface area contributed by atoms with Gasteiger partial charge in [0.15, 0.2) is 0 Å². The van der Waals surface area contributed by atoms with E-state index in [9.17, 15) is 14.4 Å². The Morgan fingerprint density at radius 2 is 1.53 bits per heavy atom. The van der Waals surface area contributed by atoms with Crippen molar-refractivity contribution in [2.75, 3.05) is 19.1 Å². The molecule has 1 aliphatic heterocycles. The number of barbiturate groups is 1. The van der Waals surface area contributed by atoms with Crippen LogP contribution in [0.4, 0.5) is 10.5 Å². The van der Waals surface area contributed by atoms with E-state index in [-0.39, 0.29) is 39.4 Å². The number of hydrogen-bond donors (Lipinski definition) is 1. The van der Waals surface area contributed by atoms with Crippen molar-refractivity contribution in [2.45, 2.75) is 6.61 Å². The molecule has 12 heteroatoms. The summed E-state index contributed by atoms with van der Waals surface area (Å²) in [4.78, 5) is 39.4. The molecule has 38 heavy (non-hydrogen) atoms. The lowest BCUT2D eigenvalue weighted by molar-refractivity contribution is -0.122. The molecule has 4 rings (SSSR count). The fourth-order valence-corrected chi connectivity index (χ4v) is 4.52. The summed E-state index contributed by atoms with van der Waals surface area (Å²) in [6.45, 7) is 0.139. The summed E-state index contributed by atoms with van der Waals surface area (Å²) in [7, 11) is 2.73. The molecule has 0 aromatic heterocycles. The van der Waals surface area contributed by atoms with E-state index in [4.69, 9.17) is 60.6 Å². The van der Waals surface area contributed by atoms with E-state index in [1.54, 1.807) is 30.3 Å². The molecule has 1 saturated heterocycles. The first kappa shape index (κ1) is 27.6. The third kappa shape index (κ3) is 5.68. The van der Waals surface area contributed by atoms with Crippen LogP contribution in [0.5, 0.6) is 17.2 Å². The molecule has 0 spiro atoms. The monoisotopic (exact) mass is 594 g/mol. The molecule has 8 nitrogen and oxygen atoms in total. The highest BCUT2D eigenvalue weighted by Crippen LogP contribution is 2.39. The Morgan fingerprint density at radius 1 is 0.816 bits per heavy atom. The average Bonchev–Trinajstić information content (AvgIpc) is 2.87. The number of amides is 4. The molecular weight excluding hydrogens is 578 g/mol. The minimum absolute atomic E-state index is 0.0392. The van der Waals surface area contributed by atoms with Crippen molar-refractivity contribution in [1.82, 2.24) is 5.32 Å². The number of imide groups is 2. The minimum atomic E-state index is -0.956. The van der Waals surface area contributed by atoms with Crippen LogP contribution in [0.15, 0.2) is 54.1 Å². The molecule has 1 aliphatic rings. The second kappa shape index (κ2) is 11.5. The lowest BCUT2D eigenvalue weighted by Gasteiger charge is -2.28. The Morgan fingerprint density at radius 3 is 2.18 bits per heavy atom. The number of benzene rings is 3. The number of ether oxygens (including phenoxy) is 3. The Bertz CT molecular complexity index is 1490. The molecule has 1 N–H and O–H groups in total. The Kier molecular flexibility index (Phi) is 8.38. The van der Waals surface area contributed by atoms with Gasteiger partial charge in [0.25, 0.3) is 11.8 Å². The topological polar surface area (TPSA) is 94.2 Å². The molecule has 0 radical (unpaired) electrons. The van der Waals surface area contributed by atoms with Crippen molar-refractivity contribution in [3.8, 4) is 17.2 Å². The van der Waals surface area contributed by atoms with Gasteiger partial charge >= 0.3 is 6.03 Å². The van der Waals surface area contributed by atoms with Crippen LogP contribution < -0.4 is 24.4 Å². The van der Waals surface area contributed by atoms with E-state index in [0.717, 1.165) is 4.90 Å². The van der Waals surface area contributed by atoms with E-state index >= 15 is 0 Å². The molecular formula is C26H18Cl4N2O6. The zero-order valence-electron chi connectivity index (χ0n) is 19.8. The van der Waals surface area contributed by atoms with E-state index < -0.39 is 17.8 Å². The van der Waals surface area contributed by atoms with E-state index in [2.05, 4.69) is 5.32 Å². The smallest absolute Gasteiger partial charge is 0.336 e. The third-order valence-electron chi connectivity index (χ3n) is 5.46. The normalized spacial score (nSPS) is 14.5. The van der Waals surface area contributed by atoms with Gasteiger partial charge in [0, 0.05) is 27.7 Å². The van der Waals surface area contributed by atoms with Gasteiger partial charge in [0.05, 0.1) is 30.0 Å². The number of hydrogen-bond acceptors (Lipinski definition) is 6. The molecule has 196 valence electrons. The first-order chi connectivity index (χ1) is 18.1. The van der Waals surface area contributed by atoms with E-state index in [1.807, 2.05) is 0 Å². The lowest BCUT2D eigenvalue weighted by Crippen LogP contribution is -2.54. The fourth-order valence-electron chi connectivity index (χ4n) is 3.58. The highest BCUT2D eigenvalue weighted by Gasteiger charge is 2.38. The van der Waals surface area contributed by atoms with E-state index in [1.165, 1.54) is 38.5 Å². The van der Waals surface area contributed by atoms with Crippen LogP contribution in [0.2, 0.25) is 20.1 Å². The summed E-state index contributed by atoms with van der Waals surface area (Å²) in [5, 5.41) is 3.55. The number of nitrogens with one attached hydrogen (secondary N) is 1. The maximum atomic E-state index is 13.3. The highest BCUT2D eigenvalue weighted by molar-refractivity contribution is 6.40. The third-order valence-corrected chi connectivity index (χ3v) is 6.64. The summed E-state index contributed by atoms with van der Waals surface area (Å²) in [5.41, 5.74) is 0.859. The largest absolute Gasteiger partial charge is 0.495 e. The second-order valence-electron chi connectivity index (χ2n) is 7.83. The van der Waals surface area contributed by atoms with Crippen LogP contribution in [0.3, 0.4) is 0 Å². The van der Waals surface area contributed by atoms with Crippen LogP contribution in [-0.2, 0) is 16.2 Å². The number of anilines is 1. The quantitative estimate of drug-likeness (QED) is 0.245. The van der Waals surface area contributed by atoms with Gasteiger partial charge in [-0.25, -0.2) is 9.69 Å². The Hall–Kier alpha value is -3.43. The average molecular weight is 596 g/mol. The number of nitrogens with zero attached hydrogens (tertiary/aromatic N) is 1. The van der Waals surface area contributed by atoms with Crippen LogP contribution in [0.25, 0.3) is 6.08 Å². The van der Waals surface area contributed by atoms with Crippen molar-refractivity contribution in [3.63, 3.8) is 0 Å². The molecule has 4 amide bonds. The minimum Gasteiger partial charge on any atom is -0.495 e. The molecule has 3 aromatic rings. The molecule has 0 saturated carbocycles. The summed E-state index contributed by atoms with van der Waals surface area (Å²) in [6.07, 6.45) is 1.31. The summed E-state index contributed by atoms with van der Waals surface area (Å²) in [5.74, 6) is -1.07. The zero-order valence-corrected chi connectivity index (χ0v) is 22.8. The predicted molar refractivity (Wildman–Crippen MR) is 146 cm³/mol. The van der Waals surface area contributed by atoms with E-state index in [0.29, 0.717) is 26.9 Å². The number of rotatable bonds is 7. The fraction of sp³-hybridized carbons (Fsp3) is 0.115. The van der Waals surface area contributed by atoms with Gasteiger partial charge in [0.1, 0.15) is 29.4 Å². The number of carbonyl (C=O) groups excluding carboxylic acids is 3. The standard InChI is InChI=1S/C26H18Cl4N2O6/c1-36-22-11-20(23(37-2)10-19(22)30)32-25(34)16(24(33)31-26(32)35)7-13-3-6-21(18(29)8-13)38-12-14-4-5-15(27)9-17(14)28/h3-11H,12H2,1-2H3,(H,31,33,35)/b16-7+. The van der Waals surface area contributed by atoms with Crippen molar-refractivity contribution in [1.29, 1.82) is 0 Å². The first-order valence-electron chi connectivity index (χ1n) is 10.8. The maximum absolute atomic E-state index is 13.3. The van der Waals surface area contributed by atoms with Gasteiger partial charge in [-0.15, -0.1) is 0 Å². The molecule has 0 unspecified atom stereocenters. The summed E-state index contributed by atoms with van der Waals surface area (Å²) in [6, 6.07) is 11.5. The van der Waals surface area contributed by atoms with Crippen molar-refractivity contribution in [3.05, 3.63) is 85.3 Å². The van der Waals surface area contributed by atoms with Gasteiger partial charge in [-0.2, -0.15) is 0 Å². The van der Waals surface area contributed by atoms with Gasteiger partial charge in [-0.05, 0) is 35.9 Å². The molecule has 0 bridgehead atoms. The predicted octanol–water partition coefficient (Wildman–Crippen LogP) is 6.56. The van der Waals surface area contributed by atoms with Crippen molar-refractivity contribution < 1.29 is 28.6 Å². The molecule has 1 heterocycles. The molecule has 1 fully saturated rings.